The van der Waals surface area contributed by atoms with Crippen molar-refractivity contribution in [3.63, 3.8) is 0 Å². The van der Waals surface area contributed by atoms with Crippen molar-refractivity contribution >= 4 is 17.6 Å². The van der Waals surface area contributed by atoms with Crippen LogP contribution in [0.4, 0.5) is 5.69 Å². The van der Waals surface area contributed by atoms with E-state index in [1.54, 1.807) is 24.3 Å². The van der Waals surface area contributed by atoms with Gasteiger partial charge in [0.2, 0.25) is 0 Å². The van der Waals surface area contributed by atoms with Crippen molar-refractivity contribution in [3.05, 3.63) is 65.2 Å². The van der Waals surface area contributed by atoms with E-state index in [0.717, 1.165) is 42.7 Å². The Hall–Kier alpha value is -2.82. The molecule has 26 heavy (non-hydrogen) atoms. The maximum absolute atomic E-state index is 12.6. The predicted octanol–water partition coefficient (Wildman–Crippen LogP) is 4.01. The van der Waals surface area contributed by atoms with Crippen molar-refractivity contribution in [1.82, 2.24) is 4.90 Å². The fourth-order valence-corrected chi connectivity index (χ4v) is 3.16. The Kier molecular flexibility index (Phi) is 5.89. The second kappa shape index (κ2) is 8.52. The average Bonchev–Trinajstić information content (AvgIpc) is 2.96. The van der Waals surface area contributed by atoms with Crippen LogP contribution in [0, 0.1) is 0 Å². The molecule has 0 unspecified atom stereocenters. The molecule has 1 heterocycles. The van der Waals surface area contributed by atoms with Crippen LogP contribution in [0.5, 0.6) is 0 Å². The first-order valence-corrected chi connectivity index (χ1v) is 9.09. The number of likely N-dealkylation sites (tertiary alicyclic amines) is 1. The number of rotatable bonds is 5. The van der Waals surface area contributed by atoms with Crippen molar-refractivity contribution in [3.8, 4) is 0 Å². The van der Waals surface area contributed by atoms with E-state index in [2.05, 4.69) is 5.32 Å². The van der Waals surface area contributed by atoms with Crippen LogP contribution in [-0.4, -0.2) is 35.0 Å². The van der Waals surface area contributed by atoms with E-state index in [9.17, 15) is 9.59 Å². The van der Waals surface area contributed by atoms with Crippen molar-refractivity contribution in [2.24, 2.45) is 0 Å². The Morgan fingerprint density at radius 3 is 2.00 bits per heavy atom. The fourth-order valence-electron chi connectivity index (χ4n) is 3.16. The first kappa shape index (κ1) is 18.0. The molecule has 1 saturated heterocycles. The third-order valence-corrected chi connectivity index (χ3v) is 4.72. The zero-order chi connectivity index (χ0) is 18.4. The number of carboxylic acid groups (broad SMARTS) is 1. The molecule has 0 bridgehead atoms. The highest BCUT2D eigenvalue weighted by Gasteiger charge is 2.16. The lowest BCUT2D eigenvalue weighted by molar-refractivity contribution is 0.0695. The minimum Gasteiger partial charge on any atom is -0.478 e. The third kappa shape index (κ3) is 4.63. The Morgan fingerprint density at radius 1 is 0.846 bits per heavy atom. The number of aromatic carboxylic acids is 1. The smallest absolute Gasteiger partial charge is 0.335 e. The molecule has 5 nitrogen and oxygen atoms in total. The molecule has 0 radical (unpaired) electrons. The second-order valence-electron chi connectivity index (χ2n) is 6.64. The summed E-state index contributed by atoms with van der Waals surface area (Å²) in [7, 11) is 0. The van der Waals surface area contributed by atoms with Gasteiger partial charge in [0.15, 0.2) is 0 Å². The molecule has 0 atom stereocenters. The number of benzene rings is 2. The Labute approximate surface area is 153 Å². The summed E-state index contributed by atoms with van der Waals surface area (Å²) < 4.78 is 0. The molecule has 0 aromatic heterocycles. The molecule has 1 amide bonds. The lowest BCUT2D eigenvalue weighted by Crippen LogP contribution is -2.31. The molecule has 5 heteroatoms. The first-order chi connectivity index (χ1) is 12.6. The summed E-state index contributed by atoms with van der Waals surface area (Å²) in [6, 6.07) is 14.4. The van der Waals surface area contributed by atoms with Gasteiger partial charge in [0, 0.05) is 30.9 Å². The van der Waals surface area contributed by atoms with Gasteiger partial charge in [-0.3, -0.25) is 4.79 Å². The highest BCUT2D eigenvalue weighted by atomic mass is 16.4. The quantitative estimate of drug-likeness (QED) is 0.853. The topological polar surface area (TPSA) is 69.6 Å². The Morgan fingerprint density at radius 2 is 1.42 bits per heavy atom. The molecule has 136 valence electrons. The number of hydrogen-bond donors (Lipinski definition) is 2. The van der Waals surface area contributed by atoms with Crippen molar-refractivity contribution < 1.29 is 14.7 Å². The maximum Gasteiger partial charge on any atom is 0.335 e. The monoisotopic (exact) mass is 352 g/mol. The second-order valence-corrected chi connectivity index (χ2v) is 6.64. The molecule has 2 aromatic rings. The summed E-state index contributed by atoms with van der Waals surface area (Å²) in [5.74, 6) is -0.808. The zero-order valence-corrected chi connectivity index (χ0v) is 14.8. The lowest BCUT2D eigenvalue weighted by atomic mass is 10.1. The van der Waals surface area contributed by atoms with E-state index in [1.165, 1.54) is 12.8 Å². The van der Waals surface area contributed by atoms with Crippen LogP contribution in [0.25, 0.3) is 0 Å². The molecule has 3 rings (SSSR count). The van der Waals surface area contributed by atoms with Gasteiger partial charge in [-0.15, -0.1) is 0 Å². The number of nitrogens with one attached hydrogen (secondary N) is 1. The SMILES string of the molecule is O=C(O)c1ccc(CNc2ccc(C(=O)N3CCCCCC3)cc2)cc1. The predicted molar refractivity (Wildman–Crippen MR) is 102 cm³/mol. The minimum atomic E-state index is -0.922. The molecule has 1 aliphatic heterocycles. The number of nitrogens with zero attached hydrogens (tertiary/aromatic N) is 1. The number of hydrogen-bond acceptors (Lipinski definition) is 3. The number of amides is 1. The molecule has 1 aliphatic rings. The van der Waals surface area contributed by atoms with Crippen LogP contribution in [0.2, 0.25) is 0 Å². The van der Waals surface area contributed by atoms with Crippen molar-refractivity contribution in [1.29, 1.82) is 0 Å². The first-order valence-electron chi connectivity index (χ1n) is 9.09. The van der Waals surface area contributed by atoms with E-state index < -0.39 is 5.97 Å². The van der Waals surface area contributed by atoms with Gasteiger partial charge in [0.05, 0.1) is 5.56 Å². The summed E-state index contributed by atoms with van der Waals surface area (Å²) in [4.78, 5) is 25.4. The molecule has 2 N–H and O–H groups in total. The molecule has 0 aliphatic carbocycles. The Bertz CT molecular complexity index is 746. The lowest BCUT2D eigenvalue weighted by Gasteiger charge is -2.20. The number of anilines is 1. The molecule has 0 saturated carbocycles. The van der Waals surface area contributed by atoms with Gasteiger partial charge in [-0.05, 0) is 54.8 Å². The summed E-state index contributed by atoms with van der Waals surface area (Å²) in [5.41, 5.74) is 2.94. The van der Waals surface area contributed by atoms with Gasteiger partial charge in [-0.2, -0.15) is 0 Å². The van der Waals surface area contributed by atoms with Gasteiger partial charge in [0.1, 0.15) is 0 Å². The van der Waals surface area contributed by atoms with Crippen LogP contribution in [0.15, 0.2) is 48.5 Å². The van der Waals surface area contributed by atoms with Gasteiger partial charge < -0.3 is 15.3 Å². The normalized spacial score (nSPS) is 14.5. The molecular weight excluding hydrogens is 328 g/mol. The Balaban J connectivity index is 1.57. The van der Waals surface area contributed by atoms with E-state index >= 15 is 0 Å². The highest BCUT2D eigenvalue weighted by molar-refractivity contribution is 5.94. The maximum atomic E-state index is 12.6. The van der Waals surface area contributed by atoms with Crippen LogP contribution in [0.3, 0.4) is 0 Å². The third-order valence-electron chi connectivity index (χ3n) is 4.72. The van der Waals surface area contributed by atoms with Crippen LogP contribution < -0.4 is 5.32 Å². The number of carbonyl (C=O) groups is 2. The van der Waals surface area contributed by atoms with E-state index in [-0.39, 0.29) is 11.5 Å². The highest BCUT2D eigenvalue weighted by Crippen LogP contribution is 2.16. The van der Waals surface area contributed by atoms with E-state index in [1.807, 2.05) is 29.2 Å². The zero-order valence-electron chi connectivity index (χ0n) is 14.8. The fraction of sp³-hybridized carbons (Fsp3) is 0.333. The van der Waals surface area contributed by atoms with Crippen molar-refractivity contribution in [2.75, 3.05) is 18.4 Å². The van der Waals surface area contributed by atoms with E-state index in [0.29, 0.717) is 6.54 Å². The number of carbonyl (C=O) groups excluding carboxylic acids is 1. The molecule has 2 aromatic carbocycles. The standard InChI is InChI=1S/C21H24N2O3/c24-20(23-13-3-1-2-4-14-23)17-9-11-19(12-10-17)22-15-16-5-7-18(8-6-16)21(25)26/h5-12,22H,1-4,13-15H2,(H,25,26). The van der Waals surface area contributed by atoms with Gasteiger partial charge in [-0.1, -0.05) is 25.0 Å². The van der Waals surface area contributed by atoms with Crippen LogP contribution in [-0.2, 0) is 6.54 Å². The van der Waals surface area contributed by atoms with Gasteiger partial charge >= 0.3 is 5.97 Å². The molecule has 0 spiro atoms. The van der Waals surface area contributed by atoms with Crippen molar-refractivity contribution in [2.45, 2.75) is 32.2 Å². The van der Waals surface area contributed by atoms with Gasteiger partial charge in [-0.25, -0.2) is 4.79 Å². The molecular formula is C21H24N2O3. The summed E-state index contributed by atoms with van der Waals surface area (Å²) >= 11 is 0. The van der Waals surface area contributed by atoms with Gasteiger partial charge in [0.25, 0.3) is 5.91 Å². The average molecular weight is 352 g/mol. The van der Waals surface area contributed by atoms with Crippen LogP contribution >= 0.6 is 0 Å². The summed E-state index contributed by atoms with van der Waals surface area (Å²) in [6.45, 7) is 2.30. The summed E-state index contributed by atoms with van der Waals surface area (Å²) in [6.07, 6.45) is 4.60. The summed E-state index contributed by atoms with van der Waals surface area (Å²) in [5, 5.41) is 12.2. The van der Waals surface area contributed by atoms with Crippen LogP contribution in [0.1, 0.15) is 52.0 Å². The largest absolute Gasteiger partial charge is 0.478 e. The minimum absolute atomic E-state index is 0.114. The van der Waals surface area contributed by atoms with E-state index in [4.69, 9.17) is 5.11 Å². The number of carboxylic acids is 1. The molecule has 1 fully saturated rings.